The van der Waals surface area contributed by atoms with Crippen molar-refractivity contribution in [2.75, 3.05) is 18.1 Å². The molecule has 0 rings (SSSR count). The molecule has 4 nitrogen and oxygen atoms in total. The van der Waals surface area contributed by atoms with Crippen LogP contribution >= 0.6 is 0 Å². The highest BCUT2D eigenvalue weighted by Crippen LogP contribution is 2.20. The van der Waals surface area contributed by atoms with Gasteiger partial charge in [-0.25, -0.2) is 8.42 Å². The Kier molecular flexibility index (Phi) is 5.77. The van der Waals surface area contributed by atoms with E-state index in [0.717, 1.165) is 0 Å². The van der Waals surface area contributed by atoms with Gasteiger partial charge in [-0.15, -0.1) is 0 Å². The topological polar surface area (TPSA) is 63.2 Å². The molecule has 0 saturated heterocycles. The summed E-state index contributed by atoms with van der Waals surface area (Å²) in [4.78, 5) is 10.9. The van der Waals surface area contributed by atoms with Crippen LogP contribution < -0.4 is 5.32 Å². The van der Waals surface area contributed by atoms with Crippen molar-refractivity contribution in [3.63, 3.8) is 0 Å². The first-order valence-corrected chi connectivity index (χ1v) is 6.52. The zero-order valence-electron chi connectivity index (χ0n) is 8.80. The van der Waals surface area contributed by atoms with Gasteiger partial charge >= 0.3 is 6.18 Å². The van der Waals surface area contributed by atoms with Crippen LogP contribution in [-0.2, 0) is 14.6 Å². The van der Waals surface area contributed by atoms with Crippen molar-refractivity contribution in [3.8, 4) is 0 Å². The molecule has 8 heteroatoms. The summed E-state index contributed by atoms with van der Waals surface area (Å²) in [6.45, 7) is 2.03. The lowest BCUT2D eigenvalue weighted by molar-refractivity contribution is -0.129. The average Bonchev–Trinajstić information content (AvgIpc) is 2.12. The lowest BCUT2D eigenvalue weighted by Gasteiger charge is -2.07. The monoisotopic (exact) mass is 261 g/mol. The van der Waals surface area contributed by atoms with Crippen molar-refractivity contribution < 1.29 is 26.4 Å². The number of sulfone groups is 1. The molecule has 0 atom stereocenters. The summed E-state index contributed by atoms with van der Waals surface area (Å²) in [5.74, 6) is -1.98. The first-order chi connectivity index (χ1) is 7.16. The van der Waals surface area contributed by atoms with Gasteiger partial charge in [0, 0.05) is 13.0 Å². The zero-order chi connectivity index (χ0) is 12.8. The number of alkyl halides is 3. The van der Waals surface area contributed by atoms with E-state index in [9.17, 15) is 26.4 Å². The number of carbonyl (C=O) groups is 1. The van der Waals surface area contributed by atoms with E-state index in [4.69, 9.17) is 0 Å². The minimum atomic E-state index is -4.49. The Balaban J connectivity index is 4.02. The highest BCUT2D eigenvalue weighted by molar-refractivity contribution is 7.91. The van der Waals surface area contributed by atoms with Crippen molar-refractivity contribution in [1.82, 2.24) is 5.32 Å². The number of hydrogen-bond donors (Lipinski definition) is 1. The zero-order valence-corrected chi connectivity index (χ0v) is 9.62. The van der Waals surface area contributed by atoms with Crippen LogP contribution in [0.4, 0.5) is 13.2 Å². The van der Waals surface area contributed by atoms with E-state index in [-0.39, 0.29) is 6.42 Å². The third-order valence-corrected chi connectivity index (χ3v) is 3.36. The van der Waals surface area contributed by atoms with E-state index < -0.39 is 39.8 Å². The van der Waals surface area contributed by atoms with Gasteiger partial charge in [-0.2, -0.15) is 13.2 Å². The molecule has 0 aromatic carbocycles. The van der Waals surface area contributed by atoms with Gasteiger partial charge in [-0.1, -0.05) is 0 Å². The molecular formula is C8H14F3NO3S. The summed E-state index contributed by atoms with van der Waals surface area (Å²) >= 11 is 0. The van der Waals surface area contributed by atoms with E-state index in [1.165, 1.54) is 0 Å². The Bertz CT molecular complexity index is 324. The minimum Gasteiger partial charge on any atom is -0.356 e. The van der Waals surface area contributed by atoms with Gasteiger partial charge in [0.1, 0.15) is 0 Å². The van der Waals surface area contributed by atoms with Crippen molar-refractivity contribution in [2.24, 2.45) is 0 Å². The molecule has 0 fully saturated rings. The van der Waals surface area contributed by atoms with Gasteiger partial charge in [-0.05, 0) is 6.92 Å². The van der Waals surface area contributed by atoms with Crippen molar-refractivity contribution in [1.29, 1.82) is 0 Å². The fourth-order valence-electron chi connectivity index (χ4n) is 0.907. The maximum Gasteiger partial charge on any atom is 0.390 e. The third-order valence-electron chi connectivity index (χ3n) is 1.71. The second-order valence-corrected chi connectivity index (χ2v) is 5.52. The maximum atomic E-state index is 11.8. The Labute approximate surface area is 92.1 Å². The van der Waals surface area contributed by atoms with Crippen molar-refractivity contribution in [2.45, 2.75) is 25.9 Å². The maximum absolute atomic E-state index is 11.8. The number of nitrogens with one attached hydrogen (secondary N) is 1. The second kappa shape index (κ2) is 6.07. The third kappa shape index (κ3) is 8.51. The summed E-state index contributed by atoms with van der Waals surface area (Å²) in [5, 5.41) is 2.36. The molecule has 96 valence electrons. The van der Waals surface area contributed by atoms with E-state index in [2.05, 4.69) is 5.32 Å². The molecule has 0 aromatic rings. The molecule has 0 spiro atoms. The van der Waals surface area contributed by atoms with Gasteiger partial charge < -0.3 is 5.32 Å². The fraction of sp³-hybridized carbons (Fsp3) is 0.875. The molecule has 0 aliphatic carbocycles. The van der Waals surface area contributed by atoms with Crippen LogP contribution in [0.2, 0.25) is 0 Å². The van der Waals surface area contributed by atoms with Crippen molar-refractivity contribution >= 4 is 15.7 Å². The van der Waals surface area contributed by atoms with Gasteiger partial charge in [0.2, 0.25) is 5.91 Å². The van der Waals surface area contributed by atoms with Crippen LogP contribution in [0.5, 0.6) is 0 Å². The molecule has 0 bridgehead atoms. The lowest BCUT2D eigenvalue weighted by atomic mass is 10.4. The van der Waals surface area contributed by atoms with E-state index >= 15 is 0 Å². The van der Waals surface area contributed by atoms with E-state index in [1.54, 1.807) is 6.92 Å². The molecule has 0 radical (unpaired) electrons. The summed E-state index contributed by atoms with van der Waals surface area (Å²) in [6.07, 6.45) is -6.16. The molecule has 0 aromatic heterocycles. The standard InChI is InChI=1S/C8H14F3NO3S/c1-2-12-7(13)3-5-16(14,15)6-4-8(9,10)11/h2-6H2,1H3,(H,12,13). The molecule has 0 aliphatic rings. The van der Waals surface area contributed by atoms with Crippen LogP contribution in [0.1, 0.15) is 19.8 Å². The Morgan fingerprint density at radius 2 is 1.81 bits per heavy atom. The minimum absolute atomic E-state index is 0.298. The van der Waals surface area contributed by atoms with Crippen LogP contribution in [0.15, 0.2) is 0 Å². The summed E-state index contributed by atoms with van der Waals surface area (Å²) in [7, 11) is -3.81. The van der Waals surface area contributed by atoms with E-state index in [0.29, 0.717) is 6.54 Å². The first kappa shape index (κ1) is 15.2. The predicted octanol–water partition coefficient (Wildman–Crippen LogP) is 0.880. The molecule has 0 saturated carbocycles. The Morgan fingerprint density at radius 3 is 2.25 bits per heavy atom. The highest BCUT2D eigenvalue weighted by atomic mass is 32.2. The van der Waals surface area contributed by atoms with Crippen LogP contribution in [0.3, 0.4) is 0 Å². The van der Waals surface area contributed by atoms with Gasteiger partial charge in [0.15, 0.2) is 9.84 Å². The fourth-order valence-corrected chi connectivity index (χ4v) is 2.15. The summed E-state index contributed by atoms with van der Waals surface area (Å²) in [5.41, 5.74) is 0. The average molecular weight is 261 g/mol. The van der Waals surface area contributed by atoms with Gasteiger partial charge in [0.05, 0.1) is 17.9 Å². The Morgan fingerprint density at radius 1 is 1.25 bits per heavy atom. The van der Waals surface area contributed by atoms with Crippen LogP contribution in [0, 0.1) is 0 Å². The first-order valence-electron chi connectivity index (χ1n) is 4.70. The summed E-state index contributed by atoms with van der Waals surface area (Å²) in [6, 6.07) is 0. The predicted molar refractivity (Wildman–Crippen MR) is 52.6 cm³/mol. The van der Waals surface area contributed by atoms with E-state index in [1.807, 2.05) is 0 Å². The Hall–Kier alpha value is -0.790. The number of amides is 1. The SMILES string of the molecule is CCNC(=O)CCS(=O)(=O)CCC(F)(F)F. The second-order valence-electron chi connectivity index (χ2n) is 3.22. The number of rotatable bonds is 6. The lowest BCUT2D eigenvalue weighted by Crippen LogP contribution is -2.26. The molecule has 0 aliphatic heterocycles. The molecule has 1 N–H and O–H groups in total. The van der Waals surface area contributed by atoms with Gasteiger partial charge in [0.25, 0.3) is 0 Å². The molecular weight excluding hydrogens is 247 g/mol. The van der Waals surface area contributed by atoms with Crippen LogP contribution in [0.25, 0.3) is 0 Å². The molecule has 0 heterocycles. The van der Waals surface area contributed by atoms with Crippen LogP contribution in [-0.4, -0.2) is 38.6 Å². The number of carbonyl (C=O) groups excluding carboxylic acids is 1. The molecule has 1 amide bonds. The molecule has 0 unspecified atom stereocenters. The quantitative estimate of drug-likeness (QED) is 0.772. The highest BCUT2D eigenvalue weighted by Gasteiger charge is 2.29. The van der Waals surface area contributed by atoms with Gasteiger partial charge in [-0.3, -0.25) is 4.79 Å². The van der Waals surface area contributed by atoms with Crippen molar-refractivity contribution in [3.05, 3.63) is 0 Å². The largest absolute Gasteiger partial charge is 0.390 e. The number of halogens is 3. The smallest absolute Gasteiger partial charge is 0.356 e. The molecule has 16 heavy (non-hydrogen) atoms. The number of hydrogen-bond acceptors (Lipinski definition) is 3. The normalized spacial score (nSPS) is 12.5. The summed E-state index contributed by atoms with van der Waals surface area (Å²) < 4.78 is 57.5.